The smallest absolute Gasteiger partial charge is 0.122 e. The molecule has 0 unspecified atom stereocenters. The lowest BCUT2D eigenvalue weighted by atomic mass is 10.0. The molecule has 0 aliphatic carbocycles. The Balaban J connectivity index is 3.49. The standard InChI is InChI=1S/C8H14O/c1-4-6-7-8(3,9)5-2/h2,9H,4,6-7H2,1,3H3/t8-/m0/s1. The molecule has 0 fully saturated rings. The summed E-state index contributed by atoms with van der Waals surface area (Å²) in [6.45, 7) is 3.75. The maximum absolute atomic E-state index is 9.22. The van der Waals surface area contributed by atoms with Crippen molar-refractivity contribution in [3.8, 4) is 12.3 Å². The van der Waals surface area contributed by atoms with Crippen molar-refractivity contribution in [2.75, 3.05) is 0 Å². The average molecular weight is 126 g/mol. The van der Waals surface area contributed by atoms with Crippen molar-refractivity contribution in [3.05, 3.63) is 0 Å². The Bertz CT molecular complexity index is 108. The summed E-state index contributed by atoms with van der Waals surface area (Å²) in [5, 5.41) is 9.22. The van der Waals surface area contributed by atoms with Gasteiger partial charge in [-0.15, -0.1) is 6.42 Å². The molecule has 9 heavy (non-hydrogen) atoms. The van der Waals surface area contributed by atoms with E-state index in [0.717, 1.165) is 12.8 Å². The van der Waals surface area contributed by atoms with Crippen LogP contribution in [0, 0.1) is 12.3 Å². The summed E-state index contributed by atoms with van der Waals surface area (Å²) in [4.78, 5) is 0. The second kappa shape index (κ2) is 3.53. The minimum atomic E-state index is -0.879. The molecule has 52 valence electrons. The molecule has 1 N–H and O–H groups in total. The molecule has 0 aromatic heterocycles. The largest absolute Gasteiger partial charge is 0.378 e. The van der Waals surface area contributed by atoms with Crippen molar-refractivity contribution in [1.29, 1.82) is 0 Å². The minimum Gasteiger partial charge on any atom is -0.378 e. The van der Waals surface area contributed by atoms with Crippen molar-refractivity contribution in [2.24, 2.45) is 0 Å². The Labute approximate surface area is 57.1 Å². The topological polar surface area (TPSA) is 20.2 Å². The molecule has 0 radical (unpaired) electrons. The van der Waals surface area contributed by atoms with Crippen LogP contribution in [-0.4, -0.2) is 10.7 Å². The predicted octanol–water partition coefficient (Wildman–Crippen LogP) is 1.56. The normalized spacial score (nSPS) is 16.2. The van der Waals surface area contributed by atoms with Gasteiger partial charge in [0.15, 0.2) is 0 Å². The third-order valence-corrected chi connectivity index (χ3v) is 1.33. The van der Waals surface area contributed by atoms with E-state index in [-0.39, 0.29) is 0 Å². The van der Waals surface area contributed by atoms with E-state index in [1.807, 2.05) is 0 Å². The Hall–Kier alpha value is -0.480. The fourth-order valence-electron chi connectivity index (χ4n) is 0.593. The fourth-order valence-corrected chi connectivity index (χ4v) is 0.593. The van der Waals surface area contributed by atoms with E-state index >= 15 is 0 Å². The Morgan fingerprint density at radius 3 is 2.56 bits per heavy atom. The molecule has 1 atom stereocenters. The molecule has 0 amide bonds. The summed E-state index contributed by atoms with van der Waals surface area (Å²) >= 11 is 0. The van der Waals surface area contributed by atoms with Gasteiger partial charge in [0, 0.05) is 0 Å². The molecule has 0 bridgehead atoms. The van der Waals surface area contributed by atoms with Gasteiger partial charge in [-0.25, -0.2) is 0 Å². The number of unbranched alkanes of at least 4 members (excludes halogenated alkanes) is 1. The second-order valence-corrected chi connectivity index (χ2v) is 2.52. The third-order valence-electron chi connectivity index (χ3n) is 1.33. The van der Waals surface area contributed by atoms with E-state index in [4.69, 9.17) is 6.42 Å². The number of aliphatic hydroxyl groups is 1. The van der Waals surface area contributed by atoms with E-state index < -0.39 is 5.60 Å². The van der Waals surface area contributed by atoms with E-state index in [1.165, 1.54) is 0 Å². The van der Waals surface area contributed by atoms with Gasteiger partial charge in [-0.1, -0.05) is 19.3 Å². The SMILES string of the molecule is C#C[C@](C)(O)CCCC. The van der Waals surface area contributed by atoms with Crippen LogP contribution in [0.3, 0.4) is 0 Å². The first kappa shape index (κ1) is 8.52. The summed E-state index contributed by atoms with van der Waals surface area (Å²) in [5.74, 6) is 2.33. The highest BCUT2D eigenvalue weighted by Gasteiger charge is 2.13. The van der Waals surface area contributed by atoms with Gasteiger partial charge in [-0.05, 0) is 19.8 Å². The molecular weight excluding hydrogens is 112 g/mol. The van der Waals surface area contributed by atoms with Crippen LogP contribution in [0.4, 0.5) is 0 Å². The van der Waals surface area contributed by atoms with Crippen LogP contribution in [0.25, 0.3) is 0 Å². The minimum absolute atomic E-state index is 0.708. The van der Waals surface area contributed by atoms with Crippen LogP contribution in [0.1, 0.15) is 33.1 Å². The van der Waals surface area contributed by atoms with Crippen LogP contribution in [0.5, 0.6) is 0 Å². The monoisotopic (exact) mass is 126 g/mol. The lowest BCUT2D eigenvalue weighted by molar-refractivity contribution is 0.110. The molecule has 0 saturated heterocycles. The van der Waals surface area contributed by atoms with Crippen LogP contribution in [0.15, 0.2) is 0 Å². The van der Waals surface area contributed by atoms with Gasteiger partial charge in [0.05, 0.1) is 0 Å². The molecule has 0 spiro atoms. The van der Waals surface area contributed by atoms with Crippen LogP contribution >= 0.6 is 0 Å². The first-order valence-corrected chi connectivity index (χ1v) is 3.32. The maximum atomic E-state index is 9.22. The molecule has 0 heterocycles. The molecule has 0 aromatic carbocycles. The van der Waals surface area contributed by atoms with Crippen molar-refractivity contribution in [3.63, 3.8) is 0 Å². The van der Waals surface area contributed by atoms with Crippen LogP contribution in [0.2, 0.25) is 0 Å². The molecule has 0 aliphatic rings. The zero-order valence-corrected chi connectivity index (χ0v) is 6.15. The Morgan fingerprint density at radius 2 is 2.22 bits per heavy atom. The van der Waals surface area contributed by atoms with Gasteiger partial charge in [0.2, 0.25) is 0 Å². The zero-order chi connectivity index (χ0) is 7.33. The van der Waals surface area contributed by atoms with E-state index in [0.29, 0.717) is 6.42 Å². The maximum Gasteiger partial charge on any atom is 0.122 e. The Morgan fingerprint density at radius 1 is 1.67 bits per heavy atom. The van der Waals surface area contributed by atoms with E-state index in [9.17, 15) is 5.11 Å². The predicted molar refractivity (Wildman–Crippen MR) is 39.0 cm³/mol. The fraction of sp³-hybridized carbons (Fsp3) is 0.750. The highest BCUT2D eigenvalue weighted by atomic mass is 16.3. The third kappa shape index (κ3) is 4.05. The number of rotatable bonds is 3. The lowest BCUT2D eigenvalue weighted by Crippen LogP contribution is -2.20. The highest BCUT2D eigenvalue weighted by molar-refractivity contribution is 5.03. The van der Waals surface area contributed by atoms with Gasteiger partial charge in [-0.2, -0.15) is 0 Å². The van der Waals surface area contributed by atoms with Gasteiger partial charge in [-0.3, -0.25) is 0 Å². The highest BCUT2D eigenvalue weighted by Crippen LogP contribution is 2.10. The van der Waals surface area contributed by atoms with Gasteiger partial charge < -0.3 is 5.11 Å². The van der Waals surface area contributed by atoms with Crippen molar-refractivity contribution in [2.45, 2.75) is 38.7 Å². The number of hydrogen-bond donors (Lipinski definition) is 1. The zero-order valence-electron chi connectivity index (χ0n) is 6.15. The average Bonchev–Trinajstić information content (AvgIpc) is 1.84. The summed E-state index contributed by atoms with van der Waals surface area (Å²) < 4.78 is 0. The number of hydrogen-bond acceptors (Lipinski definition) is 1. The molecule has 1 nitrogen and oxygen atoms in total. The van der Waals surface area contributed by atoms with Gasteiger partial charge in [0.1, 0.15) is 5.60 Å². The molecule has 1 heteroatoms. The van der Waals surface area contributed by atoms with E-state index in [1.54, 1.807) is 6.92 Å². The molecule has 0 aliphatic heterocycles. The lowest BCUT2D eigenvalue weighted by Gasteiger charge is -2.14. The molecular formula is C8H14O. The quantitative estimate of drug-likeness (QED) is 0.569. The Kier molecular flexibility index (Phi) is 3.34. The van der Waals surface area contributed by atoms with Crippen molar-refractivity contribution >= 4 is 0 Å². The summed E-state index contributed by atoms with van der Waals surface area (Å²) in [6, 6.07) is 0. The van der Waals surface area contributed by atoms with Crippen LogP contribution in [-0.2, 0) is 0 Å². The van der Waals surface area contributed by atoms with Crippen molar-refractivity contribution in [1.82, 2.24) is 0 Å². The van der Waals surface area contributed by atoms with Crippen molar-refractivity contribution < 1.29 is 5.11 Å². The van der Waals surface area contributed by atoms with Gasteiger partial charge in [0.25, 0.3) is 0 Å². The molecule has 0 rings (SSSR count). The summed E-state index contributed by atoms with van der Waals surface area (Å²) in [6.07, 6.45) is 7.83. The van der Waals surface area contributed by atoms with Crippen LogP contribution < -0.4 is 0 Å². The molecule has 0 aromatic rings. The summed E-state index contributed by atoms with van der Waals surface area (Å²) in [5.41, 5.74) is -0.879. The second-order valence-electron chi connectivity index (χ2n) is 2.52. The van der Waals surface area contributed by atoms with E-state index in [2.05, 4.69) is 12.8 Å². The first-order valence-electron chi connectivity index (χ1n) is 3.32. The first-order chi connectivity index (χ1) is 4.12. The molecule has 0 saturated carbocycles. The van der Waals surface area contributed by atoms with Gasteiger partial charge >= 0.3 is 0 Å². The summed E-state index contributed by atoms with van der Waals surface area (Å²) in [7, 11) is 0. The number of terminal acetylenes is 1.